The fourth-order valence-corrected chi connectivity index (χ4v) is 4.34. The third-order valence-corrected chi connectivity index (χ3v) is 6.26. The topological polar surface area (TPSA) is 51.0 Å². The van der Waals surface area contributed by atoms with Gasteiger partial charge in [-0.15, -0.1) is 11.3 Å². The molecule has 0 aliphatic heterocycles. The van der Waals surface area contributed by atoms with Crippen molar-refractivity contribution in [2.75, 3.05) is 6.54 Å². The maximum atomic E-state index is 13.1. The fourth-order valence-electron chi connectivity index (χ4n) is 3.24. The van der Waals surface area contributed by atoms with Crippen LogP contribution in [0, 0.1) is 5.92 Å². The molecule has 0 spiro atoms. The molecule has 27 heavy (non-hydrogen) atoms. The highest BCUT2D eigenvalue weighted by molar-refractivity contribution is 7.12. The summed E-state index contributed by atoms with van der Waals surface area (Å²) >= 11 is 7.62. The summed E-state index contributed by atoms with van der Waals surface area (Å²) in [4.78, 5) is 24.9. The maximum Gasteiger partial charge on any atom is 0.265 e. The molecule has 1 saturated carbocycles. The van der Waals surface area contributed by atoms with Crippen molar-refractivity contribution >= 4 is 40.0 Å². The average Bonchev–Trinajstić information content (AvgIpc) is 3.29. The number of amides is 1. The van der Waals surface area contributed by atoms with E-state index in [1.165, 1.54) is 24.2 Å². The van der Waals surface area contributed by atoms with Gasteiger partial charge in [-0.25, -0.2) is 9.97 Å². The van der Waals surface area contributed by atoms with Gasteiger partial charge in [-0.2, -0.15) is 0 Å². The summed E-state index contributed by atoms with van der Waals surface area (Å²) in [6.45, 7) is 4.24. The first-order chi connectivity index (χ1) is 13.2. The van der Waals surface area contributed by atoms with Gasteiger partial charge in [-0.1, -0.05) is 24.9 Å². The number of nitrogens with zero attached hydrogens (tertiary/aromatic N) is 4. The number of halogens is 1. The molecule has 5 nitrogen and oxygen atoms in total. The van der Waals surface area contributed by atoms with Crippen LogP contribution in [0.5, 0.6) is 0 Å². The molecule has 3 aromatic rings. The van der Waals surface area contributed by atoms with E-state index in [1.54, 1.807) is 6.07 Å². The Bertz CT molecular complexity index is 947. The van der Waals surface area contributed by atoms with Crippen LogP contribution in [0.4, 0.5) is 0 Å². The third kappa shape index (κ3) is 4.01. The first-order valence-corrected chi connectivity index (χ1v) is 10.8. The molecule has 1 aliphatic carbocycles. The summed E-state index contributed by atoms with van der Waals surface area (Å²) in [6.07, 6.45) is 6.31. The molecule has 3 aromatic heterocycles. The van der Waals surface area contributed by atoms with Crippen LogP contribution in [0.3, 0.4) is 0 Å². The Labute approximate surface area is 168 Å². The van der Waals surface area contributed by atoms with E-state index < -0.39 is 0 Å². The smallest absolute Gasteiger partial charge is 0.265 e. The molecule has 7 heteroatoms. The minimum atomic E-state index is -0.0126. The molecule has 0 unspecified atom stereocenters. The predicted molar refractivity (Wildman–Crippen MR) is 109 cm³/mol. The van der Waals surface area contributed by atoms with E-state index in [0.717, 1.165) is 36.4 Å². The Hall–Kier alpha value is -1.92. The van der Waals surface area contributed by atoms with Crippen LogP contribution in [-0.2, 0) is 13.1 Å². The maximum absolute atomic E-state index is 13.1. The second-order valence-corrected chi connectivity index (χ2v) is 8.43. The molecule has 1 aliphatic rings. The molecule has 0 saturated heterocycles. The molecular weight excluding hydrogens is 380 g/mol. The van der Waals surface area contributed by atoms with Crippen LogP contribution in [0.2, 0.25) is 5.02 Å². The minimum Gasteiger partial charge on any atom is -0.330 e. The second kappa shape index (κ2) is 7.98. The first kappa shape index (κ1) is 18.4. The Balaban J connectivity index is 1.66. The van der Waals surface area contributed by atoms with Gasteiger partial charge in [-0.3, -0.25) is 4.79 Å². The van der Waals surface area contributed by atoms with Crippen LogP contribution in [0.15, 0.2) is 29.8 Å². The average molecular weight is 403 g/mol. The van der Waals surface area contributed by atoms with E-state index >= 15 is 0 Å². The predicted octanol–water partition coefficient (Wildman–Crippen LogP) is 5.00. The number of aromatic nitrogens is 3. The van der Waals surface area contributed by atoms with Crippen molar-refractivity contribution in [1.82, 2.24) is 19.4 Å². The fraction of sp³-hybridized carbons (Fsp3) is 0.450. The lowest BCUT2D eigenvalue weighted by molar-refractivity contribution is 0.0740. The SMILES string of the molecule is CCCCN(Cc1nc2cccnc2n1CC1CC1)C(=O)c1sccc1Cl. The Kier molecular flexibility index (Phi) is 5.45. The molecule has 1 fully saturated rings. The lowest BCUT2D eigenvalue weighted by Gasteiger charge is -2.22. The van der Waals surface area contributed by atoms with Gasteiger partial charge in [0, 0.05) is 19.3 Å². The number of imidazole rings is 1. The normalized spacial score (nSPS) is 14.0. The number of hydrogen-bond donors (Lipinski definition) is 0. The van der Waals surface area contributed by atoms with Gasteiger partial charge < -0.3 is 9.47 Å². The highest BCUT2D eigenvalue weighted by Crippen LogP contribution is 2.32. The number of unbranched alkanes of at least 4 members (excludes halogenated alkanes) is 1. The summed E-state index contributed by atoms with van der Waals surface area (Å²) in [5, 5.41) is 2.39. The molecule has 0 aromatic carbocycles. The van der Waals surface area contributed by atoms with Gasteiger partial charge in [0.05, 0.1) is 11.6 Å². The third-order valence-electron chi connectivity index (χ3n) is 4.93. The van der Waals surface area contributed by atoms with Crippen molar-refractivity contribution < 1.29 is 4.79 Å². The molecule has 0 bridgehead atoms. The van der Waals surface area contributed by atoms with Crippen LogP contribution < -0.4 is 0 Å². The molecule has 142 valence electrons. The van der Waals surface area contributed by atoms with Crippen LogP contribution in [0.25, 0.3) is 11.2 Å². The van der Waals surface area contributed by atoms with Crippen LogP contribution >= 0.6 is 22.9 Å². The van der Waals surface area contributed by atoms with E-state index in [-0.39, 0.29) is 5.91 Å². The van der Waals surface area contributed by atoms with Gasteiger partial charge in [0.25, 0.3) is 5.91 Å². The zero-order chi connectivity index (χ0) is 18.8. The van der Waals surface area contributed by atoms with Gasteiger partial charge in [0.1, 0.15) is 16.2 Å². The Morgan fingerprint density at radius 2 is 2.26 bits per heavy atom. The van der Waals surface area contributed by atoms with Gasteiger partial charge in [0.2, 0.25) is 0 Å². The van der Waals surface area contributed by atoms with Crippen molar-refractivity contribution in [3.8, 4) is 0 Å². The number of carbonyl (C=O) groups is 1. The zero-order valence-corrected chi connectivity index (χ0v) is 17.0. The minimum absolute atomic E-state index is 0.0126. The monoisotopic (exact) mass is 402 g/mol. The number of fused-ring (bicyclic) bond motifs is 1. The number of pyridine rings is 1. The molecular formula is C20H23ClN4OS. The summed E-state index contributed by atoms with van der Waals surface area (Å²) in [7, 11) is 0. The van der Waals surface area contributed by atoms with E-state index in [1.807, 2.05) is 28.6 Å². The summed E-state index contributed by atoms with van der Waals surface area (Å²) in [5.41, 5.74) is 1.81. The van der Waals surface area contributed by atoms with E-state index in [2.05, 4.69) is 16.5 Å². The summed E-state index contributed by atoms with van der Waals surface area (Å²) in [6, 6.07) is 5.68. The molecule has 0 radical (unpaired) electrons. The highest BCUT2D eigenvalue weighted by atomic mass is 35.5. The number of carbonyl (C=O) groups excluding carboxylic acids is 1. The highest BCUT2D eigenvalue weighted by Gasteiger charge is 2.27. The van der Waals surface area contributed by atoms with Crippen LogP contribution in [-0.4, -0.2) is 31.9 Å². The molecule has 4 rings (SSSR count). The van der Waals surface area contributed by atoms with E-state index in [9.17, 15) is 4.79 Å². The first-order valence-electron chi connectivity index (χ1n) is 9.49. The van der Waals surface area contributed by atoms with Gasteiger partial charge in [0.15, 0.2) is 5.65 Å². The number of thiophene rings is 1. The summed E-state index contributed by atoms with van der Waals surface area (Å²) < 4.78 is 2.20. The van der Waals surface area contributed by atoms with Crippen LogP contribution in [0.1, 0.15) is 48.1 Å². The number of rotatable bonds is 8. The largest absolute Gasteiger partial charge is 0.330 e. The lowest BCUT2D eigenvalue weighted by Crippen LogP contribution is -2.32. The van der Waals surface area contributed by atoms with Crippen molar-refractivity contribution in [3.63, 3.8) is 0 Å². The van der Waals surface area contributed by atoms with Gasteiger partial charge >= 0.3 is 0 Å². The van der Waals surface area contributed by atoms with Crippen molar-refractivity contribution in [2.24, 2.45) is 5.92 Å². The molecule has 0 atom stereocenters. The van der Waals surface area contributed by atoms with Crippen molar-refractivity contribution in [2.45, 2.75) is 45.7 Å². The molecule has 0 N–H and O–H groups in total. The Morgan fingerprint density at radius 3 is 2.96 bits per heavy atom. The molecule has 1 amide bonds. The van der Waals surface area contributed by atoms with Crippen molar-refractivity contribution in [1.29, 1.82) is 0 Å². The quantitative estimate of drug-likeness (QED) is 0.532. The Morgan fingerprint density at radius 1 is 1.41 bits per heavy atom. The lowest BCUT2D eigenvalue weighted by atomic mass is 10.3. The van der Waals surface area contributed by atoms with Crippen molar-refractivity contribution in [3.05, 3.63) is 45.5 Å². The second-order valence-electron chi connectivity index (χ2n) is 7.11. The summed E-state index contributed by atoms with van der Waals surface area (Å²) in [5.74, 6) is 1.60. The van der Waals surface area contributed by atoms with E-state index in [4.69, 9.17) is 16.6 Å². The van der Waals surface area contributed by atoms with E-state index in [0.29, 0.717) is 28.9 Å². The zero-order valence-electron chi connectivity index (χ0n) is 15.4. The standard InChI is InChI=1S/C20H23ClN4OS/c1-2-3-10-24(20(26)18-15(21)8-11-27-18)13-17-23-16-5-4-9-22-19(16)25(17)12-14-6-7-14/h4-5,8-9,11,14H,2-3,6-7,10,12-13H2,1H3. The number of hydrogen-bond acceptors (Lipinski definition) is 4. The van der Waals surface area contributed by atoms with Gasteiger partial charge in [-0.05, 0) is 48.8 Å². The molecule has 3 heterocycles.